The van der Waals surface area contributed by atoms with Crippen molar-refractivity contribution < 1.29 is 18.7 Å². The summed E-state index contributed by atoms with van der Waals surface area (Å²) < 4.78 is 18.2. The first-order valence-corrected chi connectivity index (χ1v) is 5.18. The van der Waals surface area contributed by atoms with Crippen LogP contribution in [0.1, 0.15) is 23.7 Å². The molecule has 1 rings (SSSR count). The summed E-state index contributed by atoms with van der Waals surface area (Å²) in [4.78, 5) is 22.2. The number of Topliss-reactive ketones (excluding diaryl/α,β-unsaturated/α-hetero) is 1. The zero-order chi connectivity index (χ0) is 12.8. The van der Waals surface area contributed by atoms with Crippen molar-refractivity contribution in [1.82, 2.24) is 5.32 Å². The van der Waals surface area contributed by atoms with E-state index >= 15 is 0 Å². The van der Waals surface area contributed by atoms with Crippen molar-refractivity contribution in [1.29, 1.82) is 0 Å². The van der Waals surface area contributed by atoms with Crippen molar-refractivity contribution in [2.45, 2.75) is 13.3 Å². The van der Waals surface area contributed by atoms with Gasteiger partial charge in [0, 0.05) is 13.1 Å². The molecule has 0 aliphatic heterocycles. The second-order valence-corrected chi connectivity index (χ2v) is 3.47. The Kier molecular flexibility index (Phi) is 4.63. The van der Waals surface area contributed by atoms with Crippen LogP contribution in [-0.4, -0.2) is 25.3 Å². The van der Waals surface area contributed by atoms with Crippen molar-refractivity contribution in [3.63, 3.8) is 0 Å². The maximum atomic E-state index is 13.0. The number of ether oxygens (including phenoxy) is 1. The van der Waals surface area contributed by atoms with Gasteiger partial charge < -0.3 is 10.1 Å². The van der Waals surface area contributed by atoms with E-state index in [1.54, 1.807) is 0 Å². The van der Waals surface area contributed by atoms with Gasteiger partial charge in [-0.25, -0.2) is 4.39 Å². The number of hydrogen-bond acceptors (Lipinski definition) is 3. The highest BCUT2D eigenvalue weighted by atomic mass is 19.1. The monoisotopic (exact) mass is 239 g/mol. The molecule has 0 saturated heterocycles. The van der Waals surface area contributed by atoms with Gasteiger partial charge in [0.2, 0.25) is 5.91 Å². The highest BCUT2D eigenvalue weighted by Gasteiger charge is 2.10. The maximum absolute atomic E-state index is 13.0. The molecule has 1 N–H and O–H groups in total. The van der Waals surface area contributed by atoms with Gasteiger partial charge in [0.15, 0.2) is 5.78 Å². The minimum Gasteiger partial charge on any atom is -0.492 e. The van der Waals surface area contributed by atoms with Gasteiger partial charge in [0.1, 0.15) is 11.6 Å². The van der Waals surface area contributed by atoms with Crippen molar-refractivity contribution in [3.05, 3.63) is 29.6 Å². The molecule has 0 heterocycles. The average Bonchev–Trinajstić information content (AvgIpc) is 2.28. The fourth-order valence-corrected chi connectivity index (χ4v) is 1.29. The van der Waals surface area contributed by atoms with E-state index in [9.17, 15) is 14.0 Å². The largest absolute Gasteiger partial charge is 0.492 e. The number of ketones is 1. The molecular weight excluding hydrogens is 225 g/mol. The summed E-state index contributed by atoms with van der Waals surface area (Å²) in [6, 6.07) is 3.70. The quantitative estimate of drug-likeness (QED) is 0.793. The smallest absolute Gasteiger partial charge is 0.223 e. The lowest BCUT2D eigenvalue weighted by Gasteiger charge is -2.09. The molecule has 5 heteroatoms. The molecule has 0 radical (unpaired) electrons. The molecule has 0 aromatic heterocycles. The standard InChI is InChI=1S/C12H14FNO3/c1-8(15)10-4-3-9(13)7-11(10)17-6-5-12(16)14-2/h3-4,7H,5-6H2,1-2H3,(H,14,16). The molecule has 4 nitrogen and oxygen atoms in total. The summed E-state index contributed by atoms with van der Waals surface area (Å²) in [5, 5.41) is 2.44. The van der Waals surface area contributed by atoms with Crippen molar-refractivity contribution in [3.8, 4) is 5.75 Å². The van der Waals surface area contributed by atoms with E-state index in [0.717, 1.165) is 6.07 Å². The molecule has 92 valence electrons. The van der Waals surface area contributed by atoms with Crippen LogP contribution in [0.3, 0.4) is 0 Å². The Morgan fingerprint density at radius 1 is 1.41 bits per heavy atom. The van der Waals surface area contributed by atoms with Gasteiger partial charge in [-0.1, -0.05) is 0 Å². The number of carbonyl (C=O) groups is 2. The predicted molar refractivity (Wildman–Crippen MR) is 60.6 cm³/mol. The molecule has 1 amide bonds. The molecule has 0 spiro atoms. The lowest BCUT2D eigenvalue weighted by molar-refractivity contribution is -0.121. The third kappa shape index (κ3) is 3.86. The van der Waals surface area contributed by atoms with Crippen LogP contribution in [0.4, 0.5) is 4.39 Å². The number of halogens is 1. The molecule has 1 aromatic carbocycles. The molecule has 17 heavy (non-hydrogen) atoms. The Morgan fingerprint density at radius 3 is 2.71 bits per heavy atom. The first-order valence-electron chi connectivity index (χ1n) is 5.18. The fourth-order valence-electron chi connectivity index (χ4n) is 1.29. The van der Waals surface area contributed by atoms with E-state index in [-0.39, 0.29) is 30.5 Å². The van der Waals surface area contributed by atoms with Crippen LogP contribution in [-0.2, 0) is 4.79 Å². The van der Waals surface area contributed by atoms with E-state index in [1.165, 1.54) is 26.1 Å². The topological polar surface area (TPSA) is 55.4 Å². The van der Waals surface area contributed by atoms with Crippen LogP contribution in [0.15, 0.2) is 18.2 Å². The van der Waals surface area contributed by atoms with Crippen LogP contribution < -0.4 is 10.1 Å². The number of amides is 1. The molecule has 0 bridgehead atoms. The van der Waals surface area contributed by atoms with Crippen LogP contribution in [0.2, 0.25) is 0 Å². The lowest BCUT2D eigenvalue weighted by Crippen LogP contribution is -2.20. The maximum Gasteiger partial charge on any atom is 0.223 e. The van der Waals surface area contributed by atoms with E-state index in [1.807, 2.05) is 0 Å². The minimum atomic E-state index is -0.482. The van der Waals surface area contributed by atoms with Crippen molar-refractivity contribution in [2.24, 2.45) is 0 Å². The third-order valence-electron chi connectivity index (χ3n) is 2.19. The summed E-state index contributed by atoms with van der Waals surface area (Å²) in [5.41, 5.74) is 0.309. The minimum absolute atomic E-state index is 0.101. The van der Waals surface area contributed by atoms with Gasteiger partial charge in [-0.05, 0) is 19.1 Å². The number of hydrogen-bond donors (Lipinski definition) is 1. The molecule has 0 aliphatic carbocycles. The van der Waals surface area contributed by atoms with Gasteiger partial charge in [-0.15, -0.1) is 0 Å². The number of carbonyl (C=O) groups excluding carboxylic acids is 2. The van der Waals surface area contributed by atoms with Crippen molar-refractivity contribution >= 4 is 11.7 Å². The fraction of sp³-hybridized carbons (Fsp3) is 0.333. The first kappa shape index (κ1) is 13.2. The number of rotatable bonds is 5. The van der Waals surface area contributed by atoms with Gasteiger partial charge in [0.25, 0.3) is 0 Å². The summed E-state index contributed by atoms with van der Waals surface area (Å²) in [5.74, 6) is -0.697. The summed E-state index contributed by atoms with van der Waals surface area (Å²) in [6.45, 7) is 1.47. The molecule has 0 unspecified atom stereocenters. The molecule has 0 saturated carbocycles. The first-order chi connectivity index (χ1) is 8.04. The third-order valence-corrected chi connectivity index (χ3v) is 2.19. The molecule has 1 aromatic rings. The van der Waals surface area contributed by atoms with E-state index in [0.29, 0.717) is 5.56 Å². The zero-order valence-electron chi connectivity index (χ0n) is 9.75. The Labute approximate surface area is 98.8 Å². The molecule has 0 fully saturated rings. The second kappa shape index (κ2) is 5.98. The van der Waals surface area contributed by atoms with Crippen LogP contribution in [0.25, 0.3) is 0 Å². The van der Waals surface area contributed by atoms with Crippen LogP contribution >= 0.6 is 0 Å². The van der Waals surface area contributed by atoms with E-state index in [4.69, 9.17) is 4.74 Å². The van der Waals surface area contributed by atoms with Crippen LogP contribution in [0.5, 0.6) is 5.75 Å². The van der Waals surface area contributed by atoms with Gasteiger partial charge >= 0.3 is 0 Å². The Hall–Kier alpha value is -1.91. The SMILES string of the molecule is CNC(=O)CCOc1cc(F)ccc1C(C)=O. The number of nitrogens with one attached hydrogen (secondary N) is 1. The average molecular weight is 239 g/mol. The Balaban J connectivity index is 2.72. The molecular formula is C12H14FNO3. The highest BCUT2D eigenvalue weighted by Crippen LogP contribution is 2.20. The summed E-state index contributed by atoms with van der Waals surface area (Å²) >= 11 is 0. The zero-order valence-corrected chi connectivity index (χ0v) is 9.75. The van der Waals surface area contributed by atoms with E-state index < -0.39 is 5.82 Å². The second-order valence-electron chi connectivity index (χ2n) is 3.47. The van der Waals surface area contributed by atoms with Crippen LogP contribution in [0, 0.1) is 5.82 Å². The summed E-state index contributed by atoms with van der Waals surface area (Å²) in [6.07, 6.45) is 0.157. The van der Waals surface area contributed by atoms with E-state index in [2.05, 4.69) is 5.32 Å². The Morgan fingerprint density at radius 2 is 2.12 bits per heavy atom. The summed E-state index contributed by atoms with van der Waals surface area (Å²) in [7, 11) is 1.52. The van der Waals surface area contributed by atoms with Gasteiger partial charge in [0.05, 0.1) is 18.6 Å². The van der Waals surface area contributed by atoms with Crippen molar-refractivity contribution in [2.75, 3.05) is 13.7 Å². The lowest BCUT2D eigenvalue weighted by atomic mass is 10.1. The predicted octanol–water partition coefficient (Wildman–Crippen LogP) is 1.54. The van der Waals surface area contributed by atoms with Gasteiger partial charge in [-0.2, -0.15) is 0 Å². The molecule has 0 atom stereocenters. The normalized spacial score (nSPS) is 9.82. The number of benzene rings is 1. The van der Waals surface area contributed by atoms with Gasteiger partial charge in [-0.3, -0.25) is 9.59 Å². The Bertz CT molecular complexity index is 432. The molecule has 0 aliphatic rings. The highest BCUT2D eigenvalue weighted by molar-refractivity contribution is 5.96.